The molecule has 3 rings (SSSR count). The molecule has 2 fully saturated rings. The predicted molar refractivity (Wildman–Crippen MR) is 91.5 cm³/mol. The molecular weight excluding hydrogens is 310 g/mol. The van der Waals surface area contributed by atoms with Crippen molar-refractivity contribution in [3.63, 3.8) is 0 Å². The van der Waals surface area contributed by atoms with E-state index in [0.717, 1.165) is 37.2 Å². The molecule has 0 spiro atoms. The quantitative estimate of drug-likeness (QED) is 0.847. The summed E-state index contributed by atoms with van der Waals surface area (Å²) in [6.45, 7) is 6.69. The molecule has 6 heteroatoms. The molecule has 1 aromatic rings. The number of fused-ring (bicyclic) bond motifs is 2. The van der Waals surface area contributed by atoms with E-state index >= 15 is 0 Å². The van der Waals surface area contributed by atoms with Crippen molar-refractivity contribution in [3.05, 3.63) is 16.6 Å². The van der Waals surface area contributed by atoms with Gasteiger partial charge in [-0.15, -0.1) is 11.3 Å². The van der Waals surface area contributed by atoms with Crippen LogP contribution in [0, 0.1) is 0 Å². The fourth-order valence-corrected chi connectivity index (χ4v) is 4.47. The molecule has 2 aliphatic rings. The lowest BCUT2D eigenvalue weighted by Gasteiger charge is -2.42. The van der Waals surface area contributed by atoms with Crippen LogP contribution in [0.1, 0.15) is 51.5 Å². The Kier molecular flexibility index (Phi) is 4.65. The zero-order valence-corrected chi connectivity index (χ0v) is 15.3. The molecule has 2 saturated heterocycles. The van der Waals surface area contributed by atoms with E-state index in [2.05, 4.69) is 16.9 Å². The summed E-state index contributed by atoms with van der Waals surface area (Å²) in [7, 11) is 2.18. The van der Waals surface area contributed by atoms with Gasteiger partial charge in [0, 0.05) is 29.7 Å². The van der Waals surface area contributed by atoms with E-state index in [9.17, 15) is 4.79 Å². The summed E-state index contributed by atoms with van der Waals surface area (Å²) in [4.78, 5) is 21.3. The SMILES string of the molecule is CN(Cc1nccs1)C1C[C@H]2CC[C@@H](C1)N2C(=O)OC(C)(C)C. The van der Waals surface area contributed by atoms with E-state index in [1.165, 1.54) is 0 Å². The number of carbonyl (C=O) groups excluding carboxylic acids is 1. The van der Waals surface area contributed by atoms with Crippen LogP contribution in [0.4, 0.5) is 4.79 Å². The van der Waals surface area contributed by atoms with Gasteiger partial charge < -0.3 is 9.64 Å². The second-order valence-electron chi connectivity index (χ2n) is 7.74. The van der Waals surface area contributed by atoms with Gasteiger partial charge in [0.15, 0.2) is 0 Å². The van der Waals surface area contributed by atoms with Crippen LogP contribution in [0.25, 0.3) is 0 Å². The highest BCUT2D eigenvalue weighted by atomic mass is 32.1. The summed E-state index contributed by atoms with van der Waals surface area (Å²) < 4.78 is 5.60. The van der Waals surface area contributed by atoms with Gasteiger partial charge >= 0.3 is 6.09 Å². The monoisotopic (exact) mass is 337 g/mol. The first kappa shape index (κ1) is 16.7. The van der Waals surface area contributed by atoms with Gasteiger partial charge in [-0.05, 0) is 53.5 Å². The van der Waals surface area contributed by atoms with E-state index in [1.807, 2.05) is 37.2 Å². The lowest BCUT2D eigenvalue weighted by atomic mass is 9.96. The van der Waals surface area contributed by atoms with Crippen LogP contribution in [0.5, 0.6) is 0 Å². The number of carbonyl (C=O) groups is 1. The molecule has 3 heterocycles. The molecule has 0 aromatic carbocycles. The van der Waals surface area contributed by atoms with Gasteiger partial charge in [-0.3, -0.25) is 4.90 Å². The largest absolute Gasteiger partial charge is 0.444 e. The summed E-state index contributed by atoms with van der Waals surface area (Å²) in [5.41, 5.74) is -0.422. The van der Waals surface area contributed by atoms with Crippen molar-refractivity contribution >= 4 is 17.4 Å². The van der Waals surface area contributed by atoms with Crippen LogP contribution in [0.15, 0.2) is 11.6 Å². The molecule has 0 N–H and O–H groups in total. The Morgan fingerprint density at radius 2 is 2.04 bits per heavy atom. The maximum atomic E-state index is 12.5. The molecular formula is C17H27N3O2S. The normalized spacial score (nSPS) is 27.5. The number of piperidine rings is 1. The molecule has 2 bridgehead atoms. The van der Waals surface area contributed by atoms with Crippen molar-refractivity contribution in [2.24, 2.45) is 0 Å². The number of amides is 1. The maximum Gasteiger partial charge on any atom is 0.410 e. The highest BCUT2D eigenvalue weighted by Gasteiger charge is 2.45. The van der Waals surface area contributed by atoms with Gasteiger partial charge in [0.2, 0.25) is 0 Å². The molecule has 0 radical (unpaired) electrons. The van der Waals surface area contributed by atoms with Gasteiger partial charge in [0.25, 0.3) is 0 Å². The van der Waals surface area contributed by atoms with Gasteiger partial charge in [-0.25, -0.2) is 9.78 Å². The third-order valence-corrected chi connectivity index (χ3v) is 5.57. The molecule has 3 atom stereocenters. The highest BCUT2D eigenvalue weighted by molar-refractivity contribution is 7.09. The van der Waals surface area contributed by atoms with Crippen molar-refractivity contribution in [1.29, 1.82) is 0 Å². The number of rotatable bonds is 3. The number of thiazole rings is 1. The van der Waals surface area contributed by atoms with E-state index in [-0.39, 0.29) is 6.09 Å². The summed E-state index contributed by atoms with van der Waals surface area (Å²) in [6.07, 6.45) is 6.01. The van der Waals surface area contributed by atoms with Crippen LogP contribution in [0.3, 0.4) is 0 Å². The lowest BCUT2D eigenvalue weighted by Crippen LogP contribution is -2.52. The first-order chi connectivity index (χ1) is 10.8. The molecule has 1 aromatic heterocycles. The summed E-state index contributed by atoms with van der Waals surface area (Å²) in [5.74, 6) is 0. The second-order valence-corrected chi connectivity index (χ2v) is 8.72. The topological polar surface area (TPSA) is 45.7 Å². The summed E-state index contributed by atoms with van der Waals surface area (Å²) >= 11 is 1.71. The number of nitrogens with zero attached hydrogens (tertiary/aromatic N) is 3. The average Bonchev–Trinajstić information content (AvgIpc) is 3.03. The van der Waals surface area contributed by atoms with Gasteiger partial charge in [0.05, 0.1) is 6.54 Å². The Morgan fingerprint density at radius 1 is 1.39 bits per heavy atom. The van der Waals surface area contributed by atoms with Crippen LogP contribution in [0.2, 0.25) is 0 Å². The van der Waals surface area contributed by atoms with Crippen molar-refractivity contribution in [2.45, 2.75) is 76.7 Å². The predicted octanol–water partition coefficient (Wildman–Crippen LogP) is 3.51. The number of ether oxygens (including phenoxy) is 1. The summed E-state index contributed by atoms with van der Waals surface area (Å²) in [5, 5.41) is 3.19. The molecule has 5 nitrogen and oxygen atoms in total. The Balaban J connectivity index is 1.61. The molecule has 23 heavy (non-hydrogen) atoms. The Bertz CT molecular complexity index is 527. The fourth-order valence-electron chi connectivity index (χ4n) is 3.79. The maximum absolute atomic E-state index is 12.5. The van der Waals surface area contributed by atoms with Crippen molar-refractivity contribution in [1.82, 2.24) is 14.8 Å². The molecule has 2 aliphatic heterocycles. The van der Waals surface area contributed by atoms with Crippen LogP contribution in [-0.2, 0) is 11.3 Å². The van der Waals surface area contributed by atoms with Crippen LogP contribution < -0.4 is 0 Å². The van der Waals surface area contributed by atoms with Gasteiger partial charge in [-0.1, -0.05) is 0 Å². The Morgan fingerprint density at radius 3 is 2.57 bits per heavy atom. The van der Waals surface area contributed by atoms with E-state index in [4.69, 9.17) is 4.74 Å². The summed E-state index contributed by atoms with van der Waals surface area (Å²) in [6, 6.07) is 1.18. The molecule has 0 aliphatic carbocycles. The second kappa shape index (κ2) is 6.40. The van der Waals surface area contributed by atoms with Crippen molar-refractivity contribution in [2.75, 3.05) is 7.05 Å². The van der Waals surface area contributed by atoms with Gasteiger partial charge in [-0.2, -0.15) is 0 Å². The lowest BCUT2D eigenvalue weighted by molar-refractivity contribution is -0.00277. The first-order valence-corrected chi connectivity index (χ1v) is 9.31. The van der Waals surface area contributed by atoms with E-state index < -0.39 is 5.60 Å². The standard InChI is InChI=1S/C17H27N3O2S/c1-17(2,3)22-16(21)20-12-5-6-13(20)10-14(9-12)19(4)11-15-18-7-8-23-15/h7-8,12-14H,5-6,9-11H2,1-4H3/t12-,13+,14?. The Hall–Kier alpha value is -1.14. The molecule has 128 valence electrons. The third-order valence-electron chi connectivity index (χ3n) is 4.80. The molecule has 1 amide bonds. The zero-order chi connectivity index (χ0) is 16.6. The Labute approximate surface area is 142 Å². The third kappa shape index (κ3) is 3.86. The van der Waals surface area contributed by atoms with Crippen molar-refractivity contribution < 1.29 is 9.53 Å². The smallest absolute Gasteiger partial charge is 0.410 e. The zero-order valence-electron chi connectivity index (χ0n) is 14.5. The molecule has 1 unspecified atom stereocenters. The molecule has 0 saturated carbocycles. The average molecular weight is 337 g/mol. The fraction of sp³-hybridized carbons (Fsp3) is 0.765. The minimum absolute atomic E-state index is 0.133. The minimum Gasteiger partial charge on any atom is -0.444 e. The number of aromatic nitrogens is 1. The van der Waals surface area contributed by atoms with E-state index in [1.54, 1.807) is 11.3 Å². The minimum atomic E-state index is -0.422. The number of hydrogen-bond acceptors (Lipinski definition) is 5. The van der Waals surface area contributed by atoms with Crippen LogP contribution in [-0.4, -0.2) is 51.7 Å². The first-order valence-electron chi connectivity index (χ1n) is 8.43. The van der Waals surface area contributed by atoms with Crippen LogP contribution >= 0.6 is 11.3 Å². The van der Waals surface area contributed by atoms with Gasteiger partial charge in [0.1, 0.15) is 10.6 Å². The highest BCUT2D eigenvalue weighted by Crippen LogP contribution is 2.38. The van der Waals surface area contributed by atoms with E-state index in [0.29, 0.717) is 18.1 Å². The van der Waals surface area contributed by atoms with Crippen molar-refractivity contribution in [3.8, 4) is 0 Å². The number of hydrogen-bond donors (Lipinski definition) is 0.